The van der Waals surface area contributed by atoms with Gasteiger partial charge in [0, 0.05) is 25.7 Å². The zero-order valence-electron chi connectivity index (χ0n) is 13.1. The van der Waals surface area contributed by atoms with Crippen LogP contribution in [0, 0.1) is 10.1 Å². The summed E-state index contributed by atoms with van der Waals surface area (Å²) < 4.78 is 1.07. The number of rotatable bonds is 5. The van der Waals surface area contributed by atoms with E-state index in [9.17, 15) is 10.1 Å². The molecular weight excluding hydrogens is 326 g/mol. The molecule has 122 valence electrons. The number of hydrogen-bond donors (Lipinski definition) is 1. The lowest BCUT2D eigenvalue weighted by Crippen LogP contribution is -2.11. The molecule has 0 aliphatic heterocycles. The molecular formula is C16H15N5O2S. The van der Waals surface area contributed by atoms with Gasteiger partial charge in [-0.1, -0.05) is 29.5 Å². The Morgan fingerprint density at radius 1 is 1.29 bits per heavy atom. The number of nitro benzene ring substituents is 1. The topological polar surface area (TPSA) is 83.7 Å². The van der Waals surface area contributed by atoms with Gasteiger partial charge in [0.2, 0.25) is 5.13 Å². The van der Waals surface area contributed by atoms with Crippen LogP contribution in [0.15, 0.2) is 47.6 Å². The van der Waals surface area contributed by atoms with Crippen LogP contribution in [0.4, 0.5) is 16.5 Å². The zero-order chi connectivity index (χ0) is 17.1. The molecule has 3 rings (SSSR count). The van der Waals surface area contributed by atoms with E-state index in [0.29, 0.717) is 16.4 Å². The van der Waals surface area contributed by atoms with Crippen LogP contribution in [0.25, 0.3) is 10.2 Å². The molecule has 3 aromatic rings. The van der Waals surface area contributed by atoms with Crippen LogP contribution in [0.1, 0.15) is 5.56 Å². The number of thiazole rings is 1. The van der Waals surface area contributed by atoms with E-state index in [1.54, 1.807) is 37.3 Å². The second kappa shape index (κ2) is 6.63. The minimum Gasteiger partial charge on any atom is -0.372 e. The summed E-state index contributed by atoms with van der Waals surface area (Å²) in [6.07, 6.45) is 1.54. The largest absolute Gasteiger partial charge is 0.372 e. The number of benzene rings is 2. The van der Waals surface area contributed by atoms with Crippen molar-refractivity contribution >= 4 is 44.3 Å². The number of para-hydroxylation sites is 1. The van der Waals surface area contributed by atoms with Crippen molar-refractivity contribution in [3.05, 3.63) is 58.1 Å². The Labute approximate surface area is 142 Å². The zero-order valence-corrected chi connectivity index (χ0v) is 13.9. The lowest BCUT2D eigenvalue weighted by Gasteiger charge is -2.12. The summed E-state index contributed by atoms with van der Waals surface area (Å²) in [4.78, 5) is 16.9. The van der Waals surface area contributed by atoms with Gasteiger partial charge in [-0.2, -0.15) is 5.10 Å². The van der Waals surface area contributed by atoms with Gasteiger partial charge in [-0.05, 0) is 18.2 Å². The fraction of sp³-hybridized carbons (Fsp3) is 0.125. The number of nitrogens with zero attached hydrogens (tertiary/aromatic N) is 4. The van der Waals surface area contributed by atoms with Gasteiger partial charge < -0.3 is 4.90 Å². The highest BCUT2D eigenvalue weighted by Crippen LogP contribution is 2.27. The summed E-state index contributed by atoms with van der Waals surface area (Å²) in [5.41, 5.74) is 5.01. The molecule has 0 aliphatic rings. The summed E-state index contributed by atoms with van der Waals surface area (Å²) in [6, 6.07) is 12.8. The maximum Gasteiger partial charge on any atom is 0.293 e. The number of nitrogens with one attached hydrogen (secondary N) is 1. The molecule has 24 heavy (non-hydrogen) atoms. The van der Waals surface area contributed by atoms with E-state index >= 15 is 0 Å². The average molecular weight is 341 g/mol. The van der Waals surface area contributed by atoms with Crippen molar-refractivity contribution in [3.63, 3.8) is 0 Å². The average Bonchev–Trinajstić information content (AvgIpc) is 2.97. The fourth-order valence-electron chi connectivity index (χ4n) is 2.23. The minimum atomic E-state index is -0.395. The van der Waals surface area contributed by atoms with Gasteiger partial charge in [0.25, 0.3) is 5.69 Å². The number of hydrogen-bond acceptors (Lipinski definition) is 7. The Bertz CT molecular complexity index is 887. The Kier molecular flexibility index (Phi) is 4.39. The van der Waals surface area contributed by atoms with E-state index in [4.69, 9.17) is 0 Å². The van der Waals surface area contributed by atoms with Gasteiger partial charge in [-0.3, -0.25) is 15.5 Å². The highest BCUT2D eigenvalue weighted by Gasteiger charge is 2.15. The predicted molar refractivity (Wildman–Crippen MR) is 98.3 cm³/mol. The van der Waals surface area contributed by atoms with Crippen LogP contribution in [0.5, 0.6) is 0 Å². The Morgan fingerprint density at radius 2 is 2.08 bits per heavy atom. The van der Waals surface area contributed by atoms with Crippen LogP contribution in [0.3, 0.4) is 0 Å². The first-order valence-electron chi connectivity index (χ1n) is 7.15. The molecule has 1 aromatic heterocycles. The van der Waals surface area contributed by atoms with Crippen LogP contribution in [-0.2, 0) is 0 Å². The van der Waals surface area contributed by atoms with Gasteiger partial charge in [0.15, 0.2) is 0 Å². The summed E-state index contributed by atoms with van der Waals surface area (Å²) in [7, 11) is 3.54. The van der Waals surface area contributed by atoms with Crippen molar-refractivity contribution in [1.82, 2.24) is 4.98 Å². The molecule has 0 radical (unpaired) electrons. The van der Waals surface area contributed by atoms with Gasteiger partial charge in [-0.15, -0.1) is 0 Å². The van der Waals surface area contributed by atoms with Crippen LogP contribution < -0.4 is 10.3 Å². The second-order valence-electron chi connectivity index (χ2n) is 5.26. The lowest BCUT2D eigenvalue weighted by atomic mass is 10.2. The first-order valence-corrected chi connectivity index (χ1v) is 7.96. The van der Waals surface area contributed by atoms with E-state index in [2.05, 4.69) is 15.5 Å². The molecule has 8 heteroatoms. The molecule has 0 saturated carbocycles. The van der Waals surface area contributed by atoms with Gasteiger partial charge in [0.1, 0.15) is 5.69 Å². The third kappa shape index (κ3) is 3.33. The van der Waals surface area contributed by atoms with Crippen molar-refractivity contribution in [2.75, 3.05) is 24.4 Å². The lowest BCUT2D eigenvalue weighted by molar-refractivity contribution is -0.384. The van der Waals surface area contributed by atoms with E-state index in [1.165, 1.54) is 17.4 Å². The normalized spacial score (nSPS) is 11.1. The SMILES string of the molecule is CN(C)c1ccc(/C=N\Nc2nc3ccccc3s2)cc1[N+](=O)[O-]. The smallest absolute Gasteiger partial charge is 0.293 e. The number of nitro groups is 1. The monoisotopic (exact) mass is 341 g/mol. The number of fused-ring (bicyclic) bond motifs is 1. The number of aromatic nitrogens is 1. The van der Waals surface area contributed by atoms with Gasteiger partial charge in [0.05, 0.1) is 21.4 Å². The Hall–Kier alpha value is -3.00. The summed E-state index contributed by atoms with van der Waals surface area (Å²) in [5.74, 6) is 0. The summed E-state index contributed by atoms with van der Waals surface area (Å²) in [5, 5.41) is 16.0. The highest BCUT2D eigenvalue weighted by molar-refractivity contribution is 7.22. The number of anilines is 2. The molecule has 0 atom stereocenters. The Morgan fingerprint density at radius 3 is 2.79 bits per heavy atom. The molecule has 0 fully saturated rings. The molecule has 0 spiro atoms. The van der Waals surface area contributed by atoms with Gasteiger partial charge >= 0.3 is 0 Å². The van der Waals surface area contributed by atoms with Crippen molar-refractivity contribution < 1.29 is 4.92 Å². The standard InChI is InChI=1S/C16H15N5O2S/c1-20(2)13-8-7-11(9-14(13)21(22)23)10-17-19-16-18-12-5-3-4-6-15(12)24-16/h3-10H,1-2H3,(H,18,19)/b17-10-. The maximum atomic E-state index is 11.2. The minimum absolute atomic E-state index is 0.0453. The van der Waals surface area contributed by atoms with Crippen molar-refractivity contribution in [3.8, 4) is 0 Å². The van der Waals surface area contributed by atoms with E-state index in [1.807, 2.05) is 24.3 Å². The summed E-state index contributed by atoms with van der Waals surface area (Å²) >= 11 is 1.50. The van der Waals surface area contributed by atoms with Crippen molar-refractivity contribution in [2.24, 2.45) is 5.10 Å². The molecule has 1 heterocycles. The van der Waals surface area contributed by atoms with Crippen molar-refractivity contribution in [2.45, 2.75) is 0 Å². The molecule has 1 N–H and O–H groups in total. The third-order valence-corrected chi connectivity index (χ3v) is 4.29. The van der Waals surface area contributed by atoms with E-state index < -0.39 is 4.92 Å². The quantitative estimate of drug-likeness (QED) is 0.434. The third-order valence-electron chi connectivity index (χ3n) is 3.35. The second-order valence-corrected chi connectivity index (χ2v) is 6.29. The Balaban J connectivity index is 1.78. The highest BCUT2D eigenvalue weighted by atomic mass is 32.1. The van der Waals surface area contributed by atoms with Crippen molar-refractivity contribution in [1.29, 1.82) is 0 Å². The van der Waals surface area contributed by atoms with Crippen LogP contribution >= 0.6 is 11.3 Å². The van der Waals surface area contributed by atoms with Crippen LogP contribution in [0.2, 0.25) is 0 Å². The molecule has 0 amide bonds. The first kappa shape index (κ1) is 15.9. The maximum absolute atomic E-state index is 11.2. The molecule has 0 saturated heterocycles. The molecule has 2 aromatic carbocycles. The van der Waals surface area contributed by atoms with E-state index in [0.717, 1.165) is 10.2 Å². The fourth-order valence-corrected chi connectivity index (χ4v) is 3.04. The molecule has 0 bridgehead atoms. The van der Waals surface area contributed by atoms with Gasteiger partial charge in [-0.25, -0.2) is 4.98 Å². The molecule has 0 aliphatic carbocycles. The van der Waals surface area contributed by atoms with E-state index in [-0.39, 0.29) is 5.69 Å². The summed E-state index contributed by atoms with van der Waals surface area (Å²) in [6.45, 7) is 0. The van der Waals surface area contributed by atoms with Crippen LogP contribution in [-0.4, -0.2) is 30.2 Å². The molecule has 0 unspecified atom stereocenters. The predicted octanol–water partition coefficient (Wildman–Crippen LogP) is 3.72. The first-order chi connectivity index (χ1) is 11.5. The number of hydrazone groups is 1. The molecule has 7 nitrogen and oxygen atoms in total.